The highest BCUT2D eigenvalue weighted by molar-refractivity contribution is 5.69. The molecule has 0 saturated carbocycles. The van der Waals surface area contributed by atoms with Crippen LogP contribution in [0, 0.1) is 0 Å². The minimum atomic E-state index is 0.803. The zero-order valence-corrected chi connectivity index (χ0v) is 15.9. The van der Waals surface area contributed by atoms with E-state index < -0.39 is 0 Å². The van der Waals surface area contributed by atoms with E-state index in [2.05, 4.69) is 37.1 Å². The molecule has 0 unspecified atom stereocenters. The van der Waals surface area contributed by atoms with Crippen LogP contribution in [0.2, 0.25) is 0 Å². The third-order valence-corrected chi connectivity index (χ3v) is 4.33. The minimum Gasteiger partial charge on any atom is -0.497 e. The van der Waals surface area contributed by atoms with Crippen molar-refractivity contribution in [2.45, 2.75) is 52.9 Å². The summed E-state index contributed by atoms with van der Waals surface area (Å²) in [5, 5.41) is 3.56. The van der Waals surface area contributed by atoms with Gasteiger partial charge in [-0.05, 0) is 58.2 Å². The van der Waals surface area contributed by atoms with Crippen molar-refractivity contribution in [3.05, 3.63) is 29.8 Å². The van der Waals surface area contributed by atoms with E-state index in [0.717, 1.165) is 43.3 Å². The minimum absolute atomic E-state index is 0.803. The number of nitrogen functional groups attached to an aromatic ring is 1. The lowest BCUT2D eigenvalue weighted by molar-refractivity contribution is 0.414. The zero-order valence-electron chi connectivity index (χ0n) is 15.9. The van der Waals surface area contributed by atoms with Gasteiger partial charge in [-0.1, -0.05) is 25.0 Å². The molecule has 0 bridgehead atoms. The van der Waals surface area contributed by atoms with Crippen LogP contribution in [0.5, 0.6) is 5.75 Å². The summed E-state index contributed by atoms with van der Waals surface area (Å²) in [6, 6.07) is 5.86. The number of unbranched alkanes of at least 4 members (excludes halogenated alkanes) is 2. The average molecular weight is 334 g/mol. The summed E-state index contributed by atoms with van der Waals surface area (Å²) >= 11 is 0. The molecule has 3 N–H and O–H groups in total. The highest BCUT2D eigenvalue weighted by atomic mass is 16.5. The molecule has 0 amide bonds. The van der Waals surface area contributed by atoms with E-state index in [1.165, 1.54) is 31.3 Å². The van der Waals surface area contributed by atoms with Gasteiger partial charge in [-0.2, -0.15) is 0 Å². The molecule has 0 atom stereocenters. The number of hydrogen-bond donors (Lipinski definition) is 2. The number of ether oxygens (including phenoxy) is 1. The predicted molar refractivity (Wildman–Crippen MR) is 106 cm³/mol. The van der Waals surface area contributed by atoms with Gasteiger partial charge in [0, 0.05) is 12.6 Å². The molecule has 0 aliphatic heterocycles. The molecule has 1 aromatic rings. The lowest BCUT2D eigenvalue weighted by Crippen LogP contribution is -2.36. The van der Waals surface area contributed by atoms with Crippen molar-refractivity contribution in [2.24, 2.45) is 0 Å². The van der Waals surface area contributed by atoms with Crippen LogP contribution in [0.15, 0.2) is 29.8 Å². The van der Waals surface area contributed by atoms with Gasteiger partial charge in [0.05, 0.1) is 25.2 Å². The van der Waals surface area contributed by atoms with Gasteiger partial charge in [0.15, 0.2) is 0 Å². The molecule has 0 heterocycles. The van der Waals surface area contributed by atoms with Gasteiger partial charge >= 0.3 is 0 Å². The first kappa shape index (κ1) is 20.4. The summed E-state index contributed by atoms with van der Waals surface area (Å²) in [6.45, 7) is 9.37. The van der Waals surface area contributed by atoms with Crippen LogP contribution in [0.3, 0.4) is 0 Å². The number of benzene rings is 1. The van der Waals surface area contributed by atoms with Crippen molar-refractivity contribution in [3.8, 4) is 5.75 Å². The highest BCUT2D eigenvalue weighted by Gasteiger charge is 2.10. The molecule has 0 fully saturated rings. The van der Waals surface area contributed by atoms with Gasteiger partial charge in [-0.15, -0.1) is 0 Å². The standard InChI is InChI=1S/C20H35N3O/c1-5-7-14-23(16-22-13-9-8-10-17(3)6-2)20-15-18(24-4)11-12-19(20)21/h6,11-12,15,22H,5,7-10,13-14,16,21H2,1-4H3/b17-6+. The Morgan fingerprint density at radius 1 is 1.29 bits per heavy atom. The van der Waals surface area contributed by atoms with Crippen molar-refractivity contribution in [1.82, 2.24) is 5.32 Å². The van der Waals surface area contributed by atoms with Gasteiger partial charge in [0.1, 0.15) is 5.75 Å². The number of anilines is 2. The number of methoxy groups -OCH3 is 1. The first-order valence-electron chi connectivity index (χ1n) is 9.13. The highest BCUT2D eigenvalue weighted by Crippen LogP contribution is 2.28. The number of nitrogens with zero attached hydrogens (tertiary/aromatic N) is 1. The Morgan fingerprint density at radius 3 is 2.75 bits per heavy atom. The Hall–Kier alpha value is -1.68. The molecule has 0 radical (unpaired) electrons. The number of nitrogens with two attached hydrogens (primary N) is 1. The topological polar surface area (TPSA) is 50.5 Å². The molecule has 0 saturated heterocycles. The predicted octanol–water partition coefficient (Wildman–Crippen LogP) is 4.57. The van der Waals surface area contributed by atoms with Gasteiger partial charge in [0.2, 0.25) is 0 Å². The molecule has 0 aliphatic rings. The van der Waals surface area contributed by atoms with Crippen LogP contribution in [0.1, 0.15) is 52.9 Å². The van der Waals surface area contributed by atoms with Gasteiger partial charge in [0.25, 0.3) is 0 Å². The first-order chi connectivity index (χ1) is 11.6. The summed E-state index contributed by atoms with van der Waals surface area (Å²) < 4.78 is 5.35. The van der Waals surface area contributed by atoms with E-state index in [-0.39, 0.29) is 0 Å². The Kier molecular flexibility index (Phi) is 10.0. The Bertz CT molecular complexity index is 500. The molecule has 0 spiro atoms. The maximum absolute atomic E-state index is 6.19. The Labute approximate surface area is 148 Å². The summed E-state index contributed by atoms with van der Waals surface area (Å²) in [4.78, 5) is 2.32. The molecule has 0 aliphatic carbocycles. The first-order valence-corrected chi connectivity index (χ1v) is 9.13. The summed E-state index contributed by atoms with van der Waals surface area (Å²) in [5.74, 6) is 0.850. The summed E-state index contributed by atoms with van der Waals surface area (Å²) in [6.07, 6.45) is 8.15. The number of rotatable bonds is 12. The third-order valence-electron chi connectivity index (χ3n) is 4.33. The molecule has 136 valence electrons. The van der Waals surface area contributed by atoms with Crippen LogP contribution in [0.4, 0.5) is 11.4 Å². The van der Waals surface area contributed by atoms with E-state index in [1.54, 1.807) is 7.11 Å². The molecular formula is C20H35N3O. The Morgan fingerprint density at radius 2 is 2.08 bits per heavy atom. The normalized spacial score (nSPS) is 11.6. The van der Waals surface area contributed by atoms with Crippen molar-refractivity contribution < 1.29 is 4.74 Å². The fraction of sp³-hybridized carbons (Fsp3) is 0.600. The lowest BCUT2D eigenvalue weighted by atomic mass is 10.1. The van der Waals surface area contributed by atoms with E-state index in [9.17, 15) is 0 Å². The zero-order chi connectivity index (χ0) is 17.8. The monoisotopic (exact) mass is 333 g/mol. The maximum Gasteiger partial charge on any atom is 0.121 e. The second-order valence-corrected chi connectivity index (χ2v) is 6.29. The summed E-state index contributed by atoms with van der Waals surface area (Å²) in [7, 11) is 1.69. The third kappa shape index (κ3) is 7.26. The number of nitrogens with one attached hydrogen (secondary N) is 1. The smallest absolute Gasteiger partial charge is 0.121 e. The van der Waals surface area contributed by atoms with E-state index in [4.69, 9.17) is 10.5 Å². The Balaban J connectivity index is 2.53. The molecular weight excluding hydrogens is 298 g/mol. The summed E-state index contributed by atoms with van der Waals surface area (Å²) in [5.41, 5.74) is 9.52. The van der Waals surface area contributed by atoms with E-state index in [1.807, 2.05) is 18.2 Å². The van der Waals surface area contributed by atoms with Gasteiger partial charge < -0.3 is 15.4 Å². The lowest BCUT2D eigenvalue weighted by Gasteiger charge is -2.27. The van der Waals surface area contributed by atoms with Crippen LogP contribution < -0.4 is 20.7 Å². The quantitative estimate of drug-likeness (QED) is 0.255. The number of allylic oxidation sites excluding steroid dienone is 2. The largest absolute Gasteiger partial charge is 0.497 e. The second kappa shape index (κ2) is 11.8. The maximum atomic E-state index is 6.19. The van der Waals surface area contributed by atoms with Crippen LogP contribution in [-0.2, 0) is 0 Å². The van der Waals surface area contributed by atoms with Crippen LogP contribution in [-0.4, -0.2) is 26.9 Å². The van der Waals surface area contributed by atoms with Gasteiger partial charge in [-0.25, -0.2) is 0 Å². The van der Waals surface area contributed by atoms with Crippen LogP contribution in [0.25, 0.3) is 0 Å². The van der Waals surface area contributed by atoms with Crippen molar-refractivity contribution in [3.63, 3.8) is 0 Å². The molecule has 0 aromatic heterocycles. The van der Waals surface area contributed by atoms with E-state index >= 15 is 0 Å². The fourth-order valence-corrected chi connectivity index (χ4v) is 2.57. The van der Waals surface area contributed by atoms with E-state index in [0.29, 0.717) is 0 Å². The van der Waals surface area contributed by atoms with Gasteiger partial charge in [-0.3, -0.25) is 5.32 Å². The molecule has 4 nitrogen and oxygen atoms in total. The molecule has 1 rings (SSSR count). The van der Waals surface area contributed by atoms with Crippen molar-refractivity contribution >= 4 is 11.4 Å². The SMILES string of the molecule is C/C=C(\C)CCCCNCN(CCCC)c1cc(OC)ccc1N. The van der Waals surface area contributed by atoms with Crippen molar-refractivity contribution in [1.29, 1.82) is 0 Å². The molecule has 1 aromatic carbocycles. The van der Waals surface area contributed by atoms with Crippen molar-refractivity contribution in [2.75, 3.05) is 37.5 Å². The second-order valence-electron chi connectivity index (χ2n) is 6.29. The molecule has 4 heteroatoms. The fourth-order valence-electron chi connectivity index (χ4n) is 2.57. The average Bonchev–Trinajstić information content (AvgIpc) is 2.60. The number of hydrogen-bond acceptors (Lipinski definition) is 4. The van der Waals surface area contributed by atoms with Crippen LogP contribution >= 0.6 is 0 Å². The molecule has 24 heavy (non-hydrogen) atoms.